The Kier molecular flexibility index (Phi) is 6.50. The van der Waals surface area contributed by atoms with E-state index in [0.717, 1.165) is 17.1 Å². The number of aromatic hydroxyl groups is 1. The predicted octanol–water partition coefficient (Wildman–Crippen LogP) is 2.78. The summed E-state index contributed by atoms with van der Waals surface area (Å²) in [5.74, 6) is 1.80. The first-order valence-corrected chi connectivity index (χ1v) is 8.15. The van der Waals surface area contributed by atoms with Crippen molar-refractivity contribution in [1.82, 2.24) is 5.43 Å². The number of phenols is 1. The lowest BCUT2D eigenvalue weighted by Gasteiger charge is -2.03. The molecule has 120 valence electrons. The highest BCUT2D eigenvalue weighted by molar-refractivity contribution is 7.99. The number of phenolic OH excluding ortho intramolecular Hbond substituents is 1. The molecule has 0 atom stereocenters. The Morgan fingerprint density at radius 1 is 1.26 bits per heavy atom. The summed E-state index contributed by atoms with van der Waals surface area (Å²) in [4.78, 5) is 11.7. The lowest BCUT2D eigenvalue weighted by molar-refractivity contribution is -0.118. The van der Waals surface area contributed by atoms with E-state index in [-0.39, 0.29) is 11.7 Å². The van der Waals surface area contributed by atoms with E-state index < -0.39 is 0 Å². The first-order valence-electron chi connectivity index (χ1n) is 6.99. The Morgan fingerprint density at radius 3 is 2.70 bits per heavy atom. The highest BCUT2D eigenvalue weighted by Crippen LogP contribution is 2.16. The van der Waals surface area contributed by atoms with Gasteiger partial charge in [0, 0.05) is 11.3 Å². The molecule has 0 aromatic heterocycles. The maximum absolute atomic E-state index is 11.7. The summed E-state index contributed by atoms with van der Waals surface area (Å²) in [5, 5.41) is 13.4. The van der Waals surface area contributed by atoms with Gasteiger partial charge in [-0.15, -0.1) is 11.8 Å². The predicted molar refractivity (Wildman–Crippen MR) is 93.0 cm³/mol. The molecule has 2 aromatic carbocycles. The van der Waals surface area contributed by atoms with Crippen molar-refractivity contribution in [3.05, 3.63) is 59.7 Å². The van der Waals surface area contributed by atoms with Gasteiger partial charge in [-0.3, -0.25) is 4.79 Å². The van der Waals surface area contributed by atoms with Crippen LogP contribution in [-0.2, 0) is 10.5 Å². The molecule has 0 unspecified atom stereocenters. The number of benzene rings is 2. The van der Waals surface area contributed by atoms with Crippen molar-refractivity contribution in [2.75, 3.05) is 12.9 Å². The highest BCUT2D eigenvalue weighted by atomic mass is 32.2. The molecule has 23 heavy (non-hydrogen) atoms. The molecule has 0 aliphatic rings. The molecule has 2 aromatic rings. The second-order valence-electron chi connectivity index (χ2n) is 4.69. The van der Waals surface area contributed by atoms with Crippen LogP contribution in [0, 0.1) is 0 Å². The Bertz CT molecular complexity index is 672. The fourth-order valence-corrected chi connectivity index (χ4v) is 2.57. The number of para-hydroxylation sites is 1. The number of thioether (sulfide) groups is 1. The van der Waals surface area contributed by atoms with Crippen molar-refractivity contribution >= 4 is 23.9 Å². The minimum absolute atomic E-state index is 0.124. The number of hydrogen-bond acceptors (Lipinski definition) is 5. The molecule has 0 saturated carbocycles. The number of methoxy groups -OCH3 is 1. The van der Waals surface area contributed by atoms with Crippen molar-refractivity contribution in [2.24, 2.45) is 5.10 Å². The first-order chi connectivity index (χ1) is 11.2. The number of hydrazone groups is 1. The van der Waals surface area contributed by atoms with Gasteiger partial charge < -0.3 is 9.84 Å². The van der Waals surface area contributed by atoms with Gasteiger partial charge in [0.15, 0.2) is 0 Å². The molecule has 6 heteroatoms. The minimum Gasteiger partial charge on any atom is -0.507 e. The van der Waals surface area contributed by atoms with Crippen LogP contribution in [0.1, 0.15) is 11.1 Å². The second-order valence-corrected chi connectivity index (χ2v) is 5.68. The number of carbonyl (C=O) groups is 1. The van der Waals surface area contributed by atoms with Crippen LogP contribution >= 0.6 is 11.8 Å². The molecular weight excluding hydrogens is 312 g/mol. The SMILES string of the molecule is COc1ccc(CSCC(=O)N/N=C/c2ccccc2O)cc1. The Hall–Kier alpha value is -2.47. The molecule has 0 aliphatic heterocycles. The summed E-state index contributed by atoms with van der Waals surface area (Å²) in [5.41, 5.74) is 4.12. The van der Waals surface area contributed by atoms with Crippen LogP contribution in [0.3, 0.4) is 0 Å². The van der Waals surface area contributed by atoms with E-state index in [1.165, 1.54) is 18.0 Å². The maximum atomic E-state index is 11.7. The number of carbonyl (C=O) groups excluding carboxylic acids is 1. The summed E-state index contributed by atoms with van der Waals surface area (Å²) in [7, 11) is 1.63. The molecule has 0 radical (unpaired) electrons. The maximum Gasteiger partial charge on any atom is 0.250 e. The molecule has 0 heterocycles. The van der Waals surface area contributed by atoms with Gasteiger partial charge in [-0.25, -0.2) is 5.43 Å². The number of rotatable bonds is 7. The fraction of sp³-hybridized carbons (Fsp3) is 0.176. The lowest BCUT2D eigenvalue weighted by Crippen LogP contribution is -2.19. The van der Waals surface area contributed by atoms with Gasteiger partial charge in [-0.1, -0.05) is 24.3 Å². The quantitative estimate of drug-likeness (QED) is 0.605. The summed E-state index contributed by atoms with van der Waals surface area (Å²) in [6, 6.07) is 14.5. The Labute approximate surface area is 139 Å². The molecule has 5 nitrogen and oxygen atoms in total. The third kappa shape index (κ3) is 5.67. The molecule has 0 fully saturated rings. The number of ether oxygens (including phenoxy) is 1. The van der Waals surface area contributed by atoms with E-state index in [1.54, 1.807) is 31.4 Å². The zero-order chi connectivity index (χ0) is 16.5. The van der Waals surface area contributed by atoms with Gasteiger partial charge in [-0.2, -0.15) is 5.10 Å². The van der Waals surface area contributed by atoms with Crippen LogP contribution < -0.4 is 10.2 Å². The Morgan fingerprint density at radius 2 is 2.00 bits per heavy atom. The fourth-order valence-electron chi connectivity index (χ4n) is 1.79. The van der Waals surface area contributed by atoms with E-state index in [0.29, 0.717) is 11.3 Å². The van der Waals surface area contributed by atoms with Gasteiger partial charge in [-0.05, 0) is 29.8 Å². The van der Waals surface area contributed by atoms with E-state index in [1.807, 2.05) is 24.3 Å². The zero-order valence-corrected chi connectivity index (χ0v) is 13.5. The zero-order valence-electron chi connectivity index (χ0n) is 12.7. The van der Waals surface area contributed by atoms with Crippen molar-refractivity contribution in [1.29, 1.82) is 0 Å². The first kappa shape index (κ1) is 16.9. The third-order valence-corrected chi connectivity index (χ3v) is 3.99. The topological polar surface area (TPSA) is 70.9 Å². The van der Waals surface area contributed by atoms with Gasteiger partial charge >= 0.3 is 0 Å². The van der Waals surface area contributed by atoms with Crippen LogP contribution in [0.25, 0.3) is 0 Å². The van der Waals surface area contributed by atoms with Crippen molar-refractivity contribution in [2.45, 2.75) is 5.75 Å². The lowest BCUT2D eigenvalue weighted by atomic mass is 10.2. The van der Waals surface area contributed by atoms with Gasteiger partial charge in [0.1, 0.15) is 11.5 Å². The van der Waals surface area contributed by atoms with Crippen LogP contribution in [0.5, 0.6) is 11.5 Å². The number of amides is 1. The van der Waals surface area contributed by atoms with E-state index in [2.05, 4.69) is 10.5 Å². The summed E-state index contributed by atoms with van der Waals surface area (Å²) < 4.78 is 5.10. The smallest absolute Gasteiger partial charge is 0.250 e. The molecular formula is C17H18N2O3S. The third-order valence-electron chi connectivity index (χ3n) is 2.99. The highest BCUT2D eigenvalue weighted by Gasteiger charge is 2.01. The van der Waals surface area contributed by atoms with Crippen LogP contribution in [0.15, 0.2) is 53.6 Å². The minimum atomic E-state index is -0.185. The van der Waals surface area contributed by atoms with Gasteiger partial charge in [0.25, 0.3) is 0 Å². The van der Waals surface area contributed by atoms with Crippen molar-refractivity contribution < 1.29 is 14.6 Å². The normalized spacial score (nSPS) is 10.7. The standard InChI is InChI=1S/C17H18N2O3S/c1-22-15-8-6-13(7-9-15)11-23-12-17(21)19-18-10-14-4-2-3-5-16(14)20/h2-10,20H,11-12H2,1H3,(H,19,21)/b18-10+. The average Bonchev–Trinajstić information content (AvgIpc) is 2.57. The van der Waals surface area contributed by atoms with Gasteiger partial charge in [0.05, 0.1) is 19.1 Å². The molecule has 2 rings (SSSR count). The summed E-state index contributed by atoms with van der Waals surface area (Å²) in [6.45, 7) is 0. The van der Waals surface area contributed by atoms with Crippen molar-refractivity contribution in [3.63, 3.8) is 0 Å². The molecule has 0 aliphatic carbocycles. The van der Waals surface area contributed by atoms with E-state index in [4.69, 9.17) is 4.74 Å². The van der Waals surface area contributed by atoms with Crippen LogP contribution in [0.4, 0.5) is 0 Å². The molecule has 0 spiro atoms. The van der Waals surface area contributed by atoms with Gasteiger partial charge in [0.2, 0.25) is 5.91 Å². The number of nitrogens with zero attached hydrogens (tertiary/aromatic N) is 1. The summed E-state index contributed by atoms with van der Waals surface area (Å²) >= 11 is 1.50. The molecule has 0 bridgehead atoms. The monoisotopic (exact) mass is 330 g/mol. The molecule has 1 amide bonds. The molecule has 0 saturated heterocycles. The van der Waals surface area contributed by atoms with E-state index >= 15 is 0 Å². The largest absolute Gasteiger partial charge is 0.507 e. The molecule has 2 N–H and O–H groups in total. The van der Waals surface area contributed by atoms with Crippen LogP contribution in [-0.4, -0.2) is 30.1 Å². The van der Waals surface area contributed by atoms with Crippen LogP contribution in [0.2, 0.25) is 0 Å². The van der Waals surface area contributed by atoms with Crippen molar-refractivity contribution in [3.8, 4) is 11.5 Å². The Balaban J connectivity index is 1.71. The number of hydrogen-bond donors (Lipinski definition) is 2. The average molecular weight is 330 g/mol. The summed E-state index contributed by atoms with van der Waals surface area (Å²) in [6.07, 6.45) is 1.42. The number of nitrogens with one attached hydrogen (secondary N) is 1. The van der Waals surface area contributed by atoms with E-state index in [9.17, 15) is 9.90 Å². The second kappa shape index (κ2) is 8.85.